The largest absolute Gasteiger partial charge is 0.337 e. The van der Waals surface area contributed by atoms with E-state index in [-0.39, 0.29) is 5.91 Å². The molecule has 9 heteroatoms. The van der Waals surface area contributed by atoms with Crippen LogP contribution < -0.4 is 5.32 Å². The van der Waals surface area contributed by atoms with Crippen molar-refractivity contribution in [2.24, 2.45) is 0 Å². The van der Waals surface area contributed by atoms with Crippen molar-refractivity contribution in [2.45, 2.75) is 13.3 Å². The topological polar surface area (TPSA) is 112 Å². The van der Waals surface area contributed by atoms with E-state index < -0.39 is 0 Å². The summed E-state index contributed by atoms with van der Waals surface area (Å²) in [6, 6.07) is 12.1. The Morgan fingerprint density at radius 2 is 2.03 bits per heavy atom. The van der Waals surface area contributed by atoms with E-state index in [4.69, 9.17) is 4.98 Å². The number of hydrogen-bond donors (Lipinski definition) is 3. The molecule has 5 heterocycles. The molecule has 0 radical (unpaired) electrons. The summed E-state index contributed by atoms with van der Waals surface area (Å²) in [5.74, 6) is 0.620. The number of nitrogens with one attached hydrogen (secondary N) is 3. The van der Waals surface area contributed by atoms with Crippen molar-refractivity contribution in [3.8, 4) is 33.9 Å². The molecule has 0 aliphatic carbocycles. The Kier molecular flexibility index (Phi) is 4.88. The van der Waals surface area contributed by atoms with E-state index in [2.05, 4.69) is 53.4 Å². The van der Waals surface area contributed by atoms with Crippen molar-refractivity contribution in [3.63, 3.8) is 0 Å². The molecule has 3 N–H and O–H groups in total. The number of hydrogen-bond acceptors (Lipinski definition) is 6. The fourth-order valence-corrected chi connectivity index (χ4v) is 4.60. The molecule has 0 unspecified atom stereocenters. The maximum absolute atomic E-state index is 11.8. The number of rotatable bonds is 5. The van der Waals surface area contributed by atoms with Crippen LogP contribution in [-0.4, -0.2) is 36.0 Å². The highest BCUT2D eigenvalue weighted by atomic mass is 32.1. The number of carbonyl (C=O) groups is 1. The summed E-state index contributed by atoms with van der Waals surface area (Å²) in [5, 5.41) is 15.5. The molecule has 0 saturated carbocycles. The predicted octanol–water partition coefficient (Wildman–Crippen LogP) is 5.64. The van der Waals surface area contributed by atoms with Crippen molar-refractivity contribution in [2.75, 3.05) is 5.32 Å². The van der Waals surface area contributed by atoms with E-state index in [0.29, 0.717) is 17.9 Å². The number of aromatic amines is 2. The van der Waals surface area contributed by atoms with Crippen LogP contribution in [0.2, 0.25) is 0 Å². The van der Waals surface area contributed by atoms with Gasteiger partial charge in [-0.25, -0.2) is 4.98 Å². The zero-order valence-corrected chi connectivity index (χ0v) is 19.0. The van der Waals surface area contributed by atoms with Crippen molar-refractivity contribution >= 4 is 44.9 Å². The van der Waals surface area contributed by atoms with E-state index in [9.17, 15) is 4.79 Å². The molecular weight excluding hydrogens is 446 g/mol. The summed E-state index contributed by atoms with van der Waals surface area (Å²) < 4.78 is 0. The Morgan fingerprint density at radius 1 is 1.09 bits per heavy atom. The van der Waals surface area contributed by atoms with Gasteiger partial charge in [-0.3, -0.25) is 19.9 Å². The summed E-state index contributed by atoms with van der Waals surface area (Å²) in [5.41, 5.74) is 7.78. The lowest BCUT2D eigenvalue weighted by molar-refractivity contribution is -0.115. The number of pyridine rings is 2. The smallest absolute Gasteiger partial charge is 0.224 e. The summed E-state index contributed by atoms with van der Waals surface area (Å²) >= 11 is 1.66. The summed E-state index contributed by atoms with van der Waals surface area (Å²) in [6.07, 6.45) is 5.50. The van der Waals surface area contributed by atoms with Gasteiger partial charge in [-0.15, -0.1) is 0 Å². The number of aromatic nitrogens is 6. The van der Waals surface area contributed by atoms with E-state index in [1.807, 2.05) is 31.2 Å². The zero-order chi connectivity index (χ0) is 23.1. The minimum Gasteiger partial charge on any atom is -0.337 e. The molecule has 1 aromatic carbocycles. The van der Waals surface area contributed by atoms with Gasteiger partial charge in [0.25, 0.3) is 0 Å². The average Bonchev–Trinajstić information content (AvgIpc) is 3.62. The molecule has 6 aromatic rings. The van der Waals surface area contributed by atoms with Crippen LogP contribution in [0.3, 0.4) is 0 Å². The molecule has 0 atom stereocenters. The number of fused-ring (bicyclic) bond motifs is 2. The SMILES string of the molecule is CCC(=O)Nc1cncc(-c2cc3c(-c4nc5c(-c6ccsc6)cccc5[nH]4)n[nH]c3cn2)c1. The molecule has 8 nitrogen and oxygen atoms in total. The Bertz CT molecular complexity index is 1650. The first-order valence-corrected chi connectivity index (χ1v) is 11.7. The summed E-state index contributed by atoms with van der Waals surface area (Å²) in [4.78, 5) is 28.9. The van der Waals surface area contributed by atoms with Gasteiger partial charge in [-0.1, -0.05) is 19.1 Å². The van der Waals surface area contributed by atoms with Crippen LogP contribution in [0.4, 0.5) is 5.69 Å². The lowest BCUT2D eigenvalue weighted by Crippen LogP contribution is -2.09. The van der Waals surface area contributed by atoms with Crippen molar-refractivity contribution in [1.29, 1.82) is 0 Å². The number of imidazole rings is 1. The second-order valence-electron chi connectivity index (χ2n) is 7.85. The number of nitrogens with zero attached hydrogens (tertiary/aromatic N) is 4. The molecule has 166 valence electrons. The van der Waals surface area contributed by atoms with Crippen LogP contribution in [0.15, 0.2) is 65.7 Å². The molecule has 0 saturated heterocycles. The average molecular weight is 466 g/mol. The first-order chi connectivity index (χ1) is 16.7. The molecule has 0 bridgehead atoms. The van der Waals surface area contributed by atoms with Gasteiger partial charge in [0.1, 0.15) is 5.69 Å². The molecule has 6 rings (SSSR count). The maximum atomic E-state index is 11.8. The van der Waals surface area contributed by atoms with E-state index >= 15 is 0 Å². The van der Waals surface area contributed by atoms with Gasteiger partial charge in [0.15, 0.2) is 5.82 Å². The molecule has 0 aliphatic rings. The van der Waals surface area contributed by atoms with Crippen molar-refractivity contribution in [1.82, 2.24) is 30.1 Å². The van der Waals surface area contributed by atoms with E-state index in [1.54, 1.807) is 29.9 Å². The fourth-order valence-electron chi connectivity index (χ4n) is 3.95. The van der Waals surface area contributed by atoms with Gasteiger partial charge in [0.2, 0.25) is 5.91 Å². The van der Waals surface area contributed by atoms with Gasteiger partial charge in [0.05, 0.1) is 40.3 Å². The Labute approximate surface area is 198 Å². The third-order valence-electron chi connectivity index (χ3n) is 5.66. The minimum atomic E-state index is -0.0637. The highest BCUT2D eigenvalue weighted by Gasteiger charge is 2.16. The molecular formula is C25H19N7OS. The number of amides is 1. The molecule has 0 fully saturated rings. The van der Waals surface area contributed by atoms with Gasteiger partial charge in [-0.2, -0.15) is 16.4 Å². The quantitative estimate of drug-likeness (QED) is 0.305. The lowest BCUT2D eigenvalue weighted by Gasteiger charge is -2.06. The van der Waals surface area contributed by atoms with E-state index in [1.165, 1.54) is 0 Å². The Hall–Kier alpha value is -4.37. The second-order valence-corrected chi connectivity index (χ2v) is 8.63. The third kappa shape index (κ3) is 3.52. The lowest BCUT2D eigenvalue weighted by atomic mass is 10.1. The number of benzene rings is 1. The van der Waals surface area contributed by atoms with Gasteiger partial charge in [-0.05, 0) is 40.6 Å². The van der Waals surface area contributed by atoms with Gasteiger partial charge < -0.3 is 10.3 Å². The van der Waals surface area contributed by atoms with Crippen LogP contribution in [0, 0.1) is 0 Å². The Balaban J connectivity index is 1.43. The molecule has 5 aromatic heterocycles. The van der Waals surface area contributed by atoms with Crippen molar-refractivity contribution < 1.29 is 4.79 Å². The standard InChI is InChI=1S/C25H19N7OS/c1-2-22(33)28-16-8-15(10-26-11-16)20-9-18-21(12-27-20)31-32-24(18)25-29-19-5-3-4-17(23(19)30-25)14-6-7-34-13-14/h3-13H,2H2,1H3,(H,28,33)(H,29,30)(H,31,32). The van der Waals surface area contributed by atoms with E-state index in [0.717, 1.165) is 50.0 Å². The maximum Gasteiger partial charge on any atom is 0.224 e. The van der Waals surface area contributed by atoms with Crippen LogP contribution >= 0.6 is 11.3 Å². The third-order valence-corrected chi connectivity index (χ3v) is 6.34. The zero-order valence-electron chi connectivity index (χ0n) is 18.2. The number of para-hydroxylation sites is 1. The second kappa shape index (κ2) is 8.20. The van der Waals surface area contributed by atoms with Crippen LogP contribution in [0.25, 0.3) is 55.8 Å². The van der Waals surface area contributed by atoms with Gasteiger partial charge in [0, 0.05) is 29.1 Å². The molecule has 0 aliphatic heterocycles. The van der Waals surface area contributed by atoms with Crippen LogP contribution in [-0.2, 0) is 4.79 Å². The highest BCUT2D eigenvalue weighted by Crippen LogP contribution is 2.33. The van der Waals surface area contributed by atoms with Crippen molar-refractivity contribution in [3.05, 3.63) is 65.7 Å². The highest BCUT2D eigenvalue weighted by molar-refractivity contribution is 7.08. The summed E-state index contributed by atoms with van der Waals surface area (Å²) in [6.45, 7) is 1.81. The number of thiophene rings is 1. The van der Waals surface area contributed by atoms with Crippen LogP contribution in [0.5, 0.6) is 0 Å². The van der Waals surface area contributed by atoms with Crippen LogP contribution in [0.1, 0.15) is 13.3 Å². The fraction of sp³-hybridized carbons (Fsp3) is 0.0800. The summed E-state index contributed by atoms with van der Waals surface area (Å²) in [7, 11) is 0. The molecule has 34 heavy (non-hydrogen) atoms. The number of H-pyrrole nitrogens is 2. The first-order valence-electron chi connectivity index (χ1n) is 10.8. The molecule has 0 spiro atoms. The first kappa shape index (κ1) is 20.3. The van der Waals surface area contributed by atoms with Gasteiger partial charge >= 0.3 is 0 Å². The predicted molar refractivity (Wildman–Crippen MR) is 134 cm³/mol. The minimum absolute atomic E-state index is 0.0637. The monoisotopic (exact) mass is 465 g/mol. The normalized spacial score (nSPS) is 11.3. The number of anilines is 1. The molecule has 1 amide bonds. The number of carbonyl (C=O) groups excluding carboxylic acids is 1. The Morgan fingerprint density at radius 3 is 2.88 bits per heavy atom.